The van der Waals surface area contributed by atoms with Crippen LogP contribution >= 0.6 is 0 Å². The van der Waals surface area contributed by atoms with Crippen molar-refractivity contribution in [2.75, 3.05) is 19.0 Å². The Morgan fingerprint density at radius 3 is 2.37 bits per heavy atom. The van der Waals surface area contributed by atoms with Crippen LogP contribution in [-0.4, -0.2) is 31.7 Å². The van der Waals surface area contributed by atoms with Crippen molar-refractivity contribution in [1.29, 1.82) is 0 Å². The molecule has 0 aliphatic rings. The number of carbonyl (C=O) groups is 2. The fraction of sp³-hybridized carbons (Fsp3) is 0.333. The van der Waals surface area contributed by atoms with Gasteiger partial charge in [0.2, 0.25) is 0 Å². The van der Waals surface area contributed by atoms with Crippen molar-refractivity contribution in [3.63, 3.8) is 0 Å². The van der Waals surface area contributed by atoms with Gasteiger partial charge >= 0.3 is 5.97 Å². The Morgan fingerprint density at radius 1 is 1.07 bits per heavy atom. The molecule has 1 atom stereocenters. The number of nitrogens with one attached hydrogen (secondary N) is 1. The molecule has 6 nitrogen and oxygen atoms in total. The third-order valence-corrected chi connectivity index (χ3v) is 3.95. The summed E-state index contributed by atoms with van der Waals surface area (Å²) >= 11 is 0. The molecule has 2 rings (SSSR count). The maximum atomic E-state index is 12.2. The zero-order chi connectivity index (χ0) is 20.0. The fourth-order valence-corrected chi connectivity index (χ4v) is 2.75. The van der Waals surface area contributed by atoms with E-state index in [9.17, 15) is 9.59 Å². The maximum absolute atomic E-state index is 12.2. The number of methoxy groups -OCH3 is 1. The third kappa shape index (κ3) is 5.74. The summed E-state index contributed by atoms with van der Waals surface area (Å²) < 4.78 is 15.9. The van der Waals surface area contributed by atoms with Crippen LogP contribution in [0.4, 0.5) is 5.69 Å². The van der Waals surface area contributed by atoms with E-state index in [0.29, 0.717) is 17.2 Å². The van der Waals surface area contributed by atoms with E-state index >= 15 is 0 Å². The Kier molecular flexibility index (Phi) is 6.82. The Balaban J connectivity index is 1.88. The number of amides is 1. The summed E-state index contributed by atoms with van der Waals surface area (Å²) in [6.45, 7) is 7.09. The molecule has 0 bridgehead atoms. The molecular formula is C21H25NO5. The Bertz CT molecular complexity index is 808. The van der Waals surface area contributed by atoms with Gasteiger partial charge in [0, 0.05) is 11.8 Å². The van der Waals surface area contributed by atoms with Crippen LogP contribution in [0.5, 0.6) is 11.5 Å². The van der Waals surface area contributed by atoms with Crippen LogP contribution in [0.3, 0.4) is 0 Å². The highest BCUT2D eigenvalue weighted by Gasteiger charge is 2.19. The molecule has 0 aliphatic carbocycles. The standard InChI is InChI=1S/C21H25NO5/c1-13-9-14(2)20(15(3)10-13)26-12-19(23)27-16(4)21(24)22-17-7-6-8-18(11-17)25-5/h6-11,16H,12H2,1-5H3,(H,22,24)/t16-/m1/s1. The molecule has 0 unspecified atom stereocenters. The van der Waals surface area contributed by atoms with Crippen LogP contribution in [0.2, 0.25) is 0 Å². The largest absolute Gasteiger partial charge is 0.497 e. The maximum Gasteiger partial charge on any atom is 0.344 e. The predicted octanol–water partition coefficient (Wildman–Crippen LogP) is 3.57. The number of benzene rings is 2. The van der Waals surface area contributed by atoms with Crippen molar-refractivity contribution >= 4 is 17.6 Å². The van der Waals surface area contributed by atoms with Crippen molar-refractivity contribution in [2.24, 2.45) is 0 Å². The molecule has 6 heteroatoms. The average Bonchev–Trinajstić information content (AvgIpc) is 2.60. The molecule has 0 spiro atoms. The zero-order valence-corrected chi connectivity index (χ0v) is 16.3. The summed E-state index contributed by atoms with van der Waals surface area (Å²) in [6.07, 6.45) is -0.951. The van der Waals surface area contributed by atoms with Gasteiger partial charge in [-0.3, -0.25) is 4.79 Å². The van der Waals surface area contributed by atoms with Gasteiger partial charge in [-0.2, -0.15) is 0 Å². The number of ether oxygens (including phenoxy) is 3. The molecule has 0 saturated heterocycles. The molecule has 0 aromatic heterocycles. The molecule has 1 N–H and O–H groups in total. The summed E-state index contributed by atoms with van der Waals surface area (Å²) in [5, 5.41) is 2.68. The topological polar surface area (TPSA) is 73.9 Å². The summed E-state index contributed by atoms with van der Waals surface area (Å²) in [5.41, 5.74) is 3.58. The minimum atomic E-state index is -0.951. The van der Waals surface area contributed by atoms with Gasteiger partial charge in [-0.1, -0.05) is 23.8 Å². The van der Waals surface area contributed by atoms with Crippen LogP contribution < -0.4 is 14.8 Å². The zero-order valence-electron chi connectivity index (χ0n) is 16.3. The van der Waals surface area contributed by atoms with E-state index in [1.165, 1.54) is 6.92 Å². The number of hydrogen-bond donors (Lipinski definition) is 1. The lowest BCUT2D eigenvalue weighted by Gasteiger charge is -2.16. The van der Waals surface area contributed by atoms with E-state index in [2.05, 4.69) is 5.32 Å². The van der Waals surface area contributed by atoms with Gasteiger partial charge in [0.15, 0.2) is 12.7 Å². The molecule has 144 valence electrons. The lowest BCUT2D eigenvalue weighted by Crippen LogP contribution is -2.31. The molecule has 0 heterocycles. The molecule has 2 aromatic carbocycles. The van der Waals surface area contributed by atoms with Gasteiger partial charge in [0.25, 0.3) is 5.91 Å². The molecule has 1 amide bonds. The second kappa shape index (κ2) is 9.07. The van der Waals surface area contributed by atoms with Crippen molar-refractivity contribution in [2.45, 2.75) is 33.8 Å². The summed E-state index contributed by atoms with van der Waals surface area (Å²) in [6, 6.07) is 10.9. The molecule has 0 fully saturated rings. The van der Waals surface area contributed by atoms with Crippen molar-refractivity contribution in [3.05, 3.63) is 53.1 Å². The van der Waals surface area contributed by atoms with Crippen LogP contribution in [0.25, 0.3) is 0 Å². The van der Waals surface area contributed by atoms with E-state index < -0.39 is 18.0 Å². The highest BCUT2D eigenvalue weighted by Crippen LogP contribution is 2.24. The van der Waals surface area contributed by atoms with Crippen LogP contribution in [0.1, 0.15) is 23.6 Å². The second-order valence-electron chi connectivity index (χ2n) is 6.37. The number of anilines is 1. The van der Waals surface area contributed by atoms with Gasteiger partial charge in [-0.25, -0.2) is 4.79 Å². The minimum Gasteiger partial charge on any atom is -0.497 e. The van der Waals surface area contributed by atoms with Gasteiger partial charge in [-0.05, 0) is 51.0 Å². The fourth-order valence-electron chi connectivity index (χ4n) is 2.75. The molecule has 27 heavy (non-hydrogen) atoms. The highest BCUT2D eigenvalue weighted by molar-refractivity contribution is 5.95. The summed E-state index contributed by atoms with van der Waals surface area (Å²) in [4.78, 5) is 24.2. The third-order valence-electron chi connectivity index (χ3n) is 3.95. The Labute approximate surface area is 159 Å². The molecular weight excluding hydrogens is 346 g/mol. The van der Waals surface area contributed by atoms with E-state index in [1.54, 1.807) is 31.4 Å². The second-order valence-corrected chi connectivity index (χ2v) is 6.37. The van der Waals surface area contributed by atoms with E-state index in [0.717, 1.165) is 16.7 Å². The van der Waals surface area contributed by atoms with E-state index in [-0.39, 0.29) is 6.61 Å². The Hall–Kier alpha value is -3.02. The van der Waals surface area contributed by atoms with Gasteiger partial charge in [-0.15, -0.1) is 0 Å². The van der Waals surface area contributed by atoms with Crippen LogP contribution in [-0.2, 0) is 14.3 Å². The number of hydrogen-bond acceptors (Lipinski definition) is 5. The quantitative estimate of drug-likeness (QED) is 0.753. The average molecular weight is 371 g/mol. The first kappa shape index (κ1) is 20.3. The smallest absolute Gasteiger partial charge is 0.344 e. The summed E-state index contributed by atoms with van der Waals surface area (Å²) in [5.74, 6) is 0.239. The monoisotopic (exact) mass is 371 g/mol. The first-order chi connectivity index (χ1) is 12.8. The predicted molar refractivity (Wildman–Crippen MR) is 103 cm³/mol. The SMILES string of the molecule is COc1cccc(NC(=O)[C@@H](C)OC(=O)COc2c(C)cc(C)cc2C)c1. The van der Waals surface area contributed by atoms with Crippen molar-refractivity contribution in [3.8, 4) is 11.5 Å². The molecule has 0 aliphatic heterocycles. The number of carbonyl (C=O) groups excluding carboxylic acids is 2. The highest BCUT2D eigenvalue weighted by atomic mass is 16.6. The lowest BCUT2D eigenvalue weighted by molar-refractivity contribution is -0.155. The van der Waals surface area contributed by atoms with E-state index in [4.69, 9.17) is 14.2 Å². The van der Waals surface area contributed by atoms with Crippen molar-refractivity contribution < 1.29 is 23.8 Å². The molecule has 2 aromatic rings. The van der Waals surface area contributed by atoms with Crippen LogP contribution in [0.15, 0.2) is 36.4 Å². The summed E-state index contributed by atoms with van der Waals surface area (Å²) in [7, 11) is 1.54. The normalized spacial score (nSPS) is 11.4. The lowest BCUT2D eigenvalue weighted by atomic mass is 10.1. The number of rotatable bonds is 7. The number of aryl methyl sites for hydroxylation is 3. The first-order valence-electron chi connectivity index (χ1n) is 8.65. The van der Waals surface area contributed by atoms with Gasteiger partial charge in [0.1, 0.15) is 11.5 Å². The number of esters is 1. The Morgan fingerprint density at radius 2 is 1.74 bits per heavy atom. The van der Waals surface area contributed by atoms with Crippen LogP contribution in [0, 0.1) is 20.8 Å². The molecule has 0 radical (unpaired) electrons. The van der Waals surface area contributed by atoms with Gasteiger partial charge < -0.3 is 19.5 Å². The molecule has 0 saturated carbocycles. The van der Waals surface area contributed by atoms with Gasteiger partial charge in [0.05, 0.1) is 7.11 Å². The van der Waals surface area contributed by atoms with Crippen molar-refractivity contribution in [1.82, 2.24) is 0 Å². The minimum absolute atomic E-state index is 0.262. The first-order valence-corrected chi connectivity index (χ1v) is 8.65. The van der Waals surface area contributed by atoms with E-state index in [1.807, 2.05) is 32.9 Å².